The van der Waals surface area contributed by atoms with E-state index >= 15 is 0 Å². The van der Waals surface area contributed by atoms with Gasteiger partial charge in [-0.25, -0.2) is 9.37 Å². The van der Waals surface area contributed by atoms with Crippen molar-refractivity contribution in [1.29, 1.82) is 0 Å². The van der Waals surface area contributed by atoms with Crippen LogP contribution in [0.25, 0.3) is 11.3 Å². The van der Waals surface area contributed by atoms with E-state index < -0.39 is 0 Å². The van der Waals surface area contributed by atoms with Gasteiger partial charge in [0.15, 0.2) is 0 Å². The fraction of sp³-hybridized carbons (Fsp3) is 0.304. The number of thiazole rings is 1. The molecule has 162 valence electrons. The van der Waals surface area contributed by atoms with Gasteiger partial charge in [-0.1, -0.05) is 0 Å². The first-order valence-electron chi connectivity index (χ1n) is 10.0. The molecule has 1 amide bonds. The van der Waals surface area contributed by atoms with Crippen molar-refractivity contribution in [3.05, 3.63) is 64.2 Å². The number of piperazine rings is 1. The topological polar surface area (TPSA) is 54.9 Å². The molecule has 1 aliphatic heterocycles. The Kier molecular flexibility index (Phi) is 6.48. The van der Waals surface area contributed by atoms with Gasteiger partial charge in [0.25, 0.3) is 5.91 Å². The second kappa shape index (κ2) is 9.45. The first kappa shape index (κ1) is 21.3. The summed E-state index contributed by atoms with van der Waals surface area (Å²) in [6, 6.07) is 11.6. The lowest BCUT2D eigenvalue weighted by atomic mass is 10.1. The molecule has 2 heterocycles. The van der Waals surface area contributed by atoms with E-state index in [2.05, 4.69) is 4.90 Å². The van der Waals surface area contributed by atoms with Crippen LogP contribution < -0.4 is 9.47 Å². The van der Waals surface area contributed by atoms with Gasteiger partial charge in [0.1, 0.15) is 22.3 Å². The zero-order chi connectivity index (χ0) is 21.8. The maximum absolute atomic E-state index is 13.1. The smallest absolute Gasteiger partial charge is 0.254 e. The van der Waals surface area contributed by atoms with Crippen LogP contribution in [-0.4, -0.2) is 61.1 Å². The van der Waals surface area contributed by atoms with Crippen molar-refractivity contribution in [1.82, 2.24) is 14.8 Å². The van der Waals surface area contributed by atoms with Crippen LogP contribution >= 0.6 is 11.3 Å². The maximum Gasteiger partial charge on any atom is 0.254 e. The largest absolute Gasteiger partial charge is 0.497 e. The van der Waals surface area contributed by atoms with Crippen molar-refractivity contribution >= 4 is 17.2 Å². The number of carbonyl (C=O) groups is 1. The molecule has 3 aromatic rings. The number of benzene rings is 2. The zero-order valence-electron chi connectivity index (χ0n) is 17.5. The van der Waals surface area contributed by atoms with Crippen LogP contribution in [0.5, 0.6) is 11.5 Å². The summed E-state index contributed by atoms with van der Waals surface area (Å²) in [5, 5.41) is 3.01. The molecule has 0 atom stereocenters. The monoisotopic (exact) mass is 441 g/mol. The Morgan fingerprint density at radius 3 is 2.29 bits per heavy atom. The highest BCUT2D eigenvalue weighted by molar-refractivity contribution is 7.09. The van der Waals surface area contributed by atoms with Crippen molar-refractivity contribution in [3.63, 3.8) is 0 Å². The van der Waals surface area contributed by atoms with E-state index in [9.17, 15) is 9.18 Å². The van der Waals surface area contributed by atoms with Crippen molar-refractivity contribution in [2.24, 2.45) is 0 Å². The Morgan fingerprint density at radius 1 is 1.03 bits per heavy atom. The number of halogens is 1. The van der Waals surface area contributed by atoms with E-state index in [4.69, 9.17) is 14.5 Å². The number of hydrogen-bond donors (Lipinski definition) is 0. The van der Waals surface area contributed by atoms with Crippen LogP contribution in [0, 0.1) is 5.82 Å². The lowest BCUT2D eigenvalue weighted by molar-refractivity contribution is 0.0627. The molecule has 6 nitrogen and oxygen atoms in total. The Labute approximate surface area is 184 Å². The molecule has 0 bridgehead atoms. The molecule has 0 N–H and O–H groups in total. The van der Waals surface area contributed by atoms with Gasteiger partial charge in [0.05, 0.1) is 26.5 Å². The van der Waals surface area contributed by atoms with Crippen molar-refractivity contribution in [2.45, 2.75) is 6.54 Å². The van der Waals surface area contributed by atoms with Gasteiger partial charge in [0.2, 0.25) is 0 Å². The predicted molar refractivity (Wildman–Crippen MR) is 118 cm³/mol. The number of hydrogen-bond acceptors (Lipinski definition) is 6. The molecule has 0 radical (unpaired) electrons. The number of aromatic nitrogens is 1. The number of carbonyl (C=O) groups excluding carboxylic acids is 1. The minimum atomic E-state index is -0.251. The maximum atomic E-state index is 13.1. The summed E-state index contributed by atoms with van der Waals surface area (Å²) in [6.45, 7) is 3.58. The van der Waals surface area contributed by atoms with E-state index in [1.165, 1.54) is 12.1 Å². The van der Waals surface area contributed by atoms with Gasteiger partial charge in [-0.3, -0.25) is 9.69 Å². The molecular formula is C23H24FN3O3S. The summed E-state index contributed by atoms with van der Waals surface area (Å²) < 4.78 is 23.7. The van der Waals surface area contributed by atoms with E-state index in [-0.39, 0.29) is 11.7 Å². The lowest BCUT2D eigenvalue weighted by Gasteiger charge is -2.34. The number of rotatable bonds is 6. The fourth-order valence-electron chi connectivity index (χ4n) is 3.55. The Morgan fingerprint density at radius 2 is 1.68 bits per heavy atom. The minimum absolute atomic E-state index is 0.0234. The normalized spacial score (nSPS) is 14.5. The highest BCUT2D eigenvalue weighted by atomic mass is 32.1. The number of amides is 1. The van der Waals surface area contributed by atoms with Gasteiger partial charge in [0, 0.05) is 48.8 Å². The molecular weight excluding hydrogens is 417 g/mol. The molecule has 1 aliphatic rings. The second-order valence-electron chi connectivity index (χ2n) is 7.30. The third-order valence-corrected chi connectivity index (χ3v) is 6.14. The summed E-state index contributed by atoms with van der Waals surface area (Å²) in [6.07, 6.45) is 0. The molecule has 0 spiro atoms. The average molecular weight is 442 g/mol. The van der Waals surface area contributed by atoms with Gasteiger partial charge in [-0.05, 0) is 36.4 Å². The summed E-state index contributed by atoms with van der Waals surface area (Å²) >= 11 is 1.60. The van der Waals surface area contributed by atoms with Crippen LogP contribution in [0.4, 0.5) is 4.39 Å². The number of ether oxygens (including phenoxy) is 2. The quantitative estimate of drug-likeness (QED) is 0.580. The molecule has 1 saturated heterocycles. The Bertz CT molecular complexity index is 1020. The highest BCUT2D eigenvalue weighted by Gasteiger charge is 2.23. The van der Waals surface area contributed by atoms with Gasteiger partial charge < -0.3 is 14.4 Å². The Hall–Kier alpha value is -2.97. The predicted octanol–water partition coefficient (Wildman–Crippen LogP) is 3.92. The van der Waals surface area contributed by atoms with Crippen LogP contribution in [0.2, 0.25) is 0 Å². The second-order valence-corrected chi connectivity index (χ2v) is 8.25. The molecule has 0 unspecified atom stereocenters. The first-order chi connectivity index (χ1) is 15.1. The molecule has 31 heavy (non-hydrogen) atoms. The highest BCUT2D eigenvalue weighted by Crippen LogP contribution is 2.25. The summed E-state index contributed by atoms with van der Waals surface area (Å²) in [7, 11) is 3.14. The zero-order valence-corrected chi connectivity index (χ0v) is 18.3. The third-order valence-electron chi connectivity index (χ3n) is 5.31. The van der Waals surface area contributed by atoms with Crippen molar-refractivity contribution in [2.75, 3.05) is 40.4 Å². The van der Waals surface area contributed by atoms with Gasteiger partial charge in [-0.2, -0.15) is 0 Å². The van der Waals surface area contributed by atoms with E-state index in [0.717, 1.165) is 35.9 Å². The molecule has 2 aromatic carbocycles. The number of methoxy groups -OCH3 is 2. The van der Waals surface area contributed by atoms with E-state index in [1.54, 1.807) is 55.9 Å². The molecule has 1 fully saturated rings. The average Bonchev–Trinajstić information content (AvgIpc) is 3.27. The van der Waals surface area contributed by atoms with Crippen LogP contribution in [0.3, 0.4) is 0 Å². The summed E-state index contributed by atoms with van der Waals surface area (Å²) in [4.78, 5) is 21.8. The van der Waals surface area contributed by atoms with Gasteiger partial charge >= 0.3 is 0 Å². The fourth-order valence-corrected chi connectivity index (χ4v) is 4.40. The SMILES string of the molecule is COc1cc(OC)cc(C(=O)N2CCN(Cc3nc(-c4ccc(F)cc4)cs3)CC2)c1. The van der Waals surface area contributed by atoms with Crippen molar-refractivity contribution in [3.8, 4) is 22.8 Å². The molecule has 0 aliphatic carbocycles. The molecule has 1 aromatic heterocycles. The molecule has 0 saturated carbocycles. The third kappa shape index (κ3) is 5.03. The number of nitrogens with zero attached hydrogens (tertiary/aromatic N) is 3. The van der Waals surface area contributed by atoms with Crippen LogP contribution in [0.15, 0.2) is 47.8 Å². The van der Waals surface area contributed by atoms with Crippen LogP contribution in [0.1, 0.15) is 15.4 Å². The van der Waals surface area contributed by atoms with Gasteiger partial charge in [-0.15, -0.1) is 11.3 Å². The van der Waals surface area contributed by atoms with E-state index in [1.807, 2.05) is 10.3 Å². The van der Waals surface area contributed by atoms with E-state index in [0.29, 0.717) is 30.2 Å². The van der Waals surface area contributed by atoms with Crippen molar-refractivity contribution < 1.29 is 18.7 Å². The summed E-state index contributed by atoms with van der Waals surface area (Å²) in [5.41, 5.74) is 2.34. The summed E-state index contributed by atoms with van der Waals surface area (Å²) in [5.74, 6) is 0.924. The standard InChI is InChI=1S/C23H24FN3O3S/c1-29-19-11-17(12-20(13-19)30-2)23(28)27-9-7-26(8-10-27)14-22-25-21(15-31-22)16-3-5-18(24)6-4-16/h3-6,11-13,15H,7-10,14H2,1-2H3. The Balaban J connectivity index is 1.35. The molecule has 4 rings (SSSR count). The first-order valence-corrected chi connectivity index (χ1v) is 10.9. The van der Waals surface area contributed by atoms with Crippen LogP contribution in [-0.2, 0) is 6.54 Å². The lowest BCUT2D eigenvalue weighted by Crippen LogP contribution is -2.48. The molecule has 8 heteroatoms. The minimum Gasteiger partial charge on any atom is -0.497 e.